The van der Waals surface area contributed by atoms with Crippen LogP contribution in [-0.4, -0.2) is 0 Å². The molecule has 0 aromatic rings. The first-order valence-electron chi connectivity index (χ1n) is 13.3. The first-order chi connectivity index (χ1) is 13.3. The summed E-state index contributed by atoms with van der Waals surface area (Å²) in [5.74, 6) is 7.85. The molecular formula is C28H52. The van der Waals surface area contributed by atoms with Gasteiger partial charge in [0, 0.05) is 0 Å². The van der Waals surface area contributed by atoms with Gasteiger partial charge in [-0.1, -0.05) is 92.9 Å². The lowest BCUT2D eigenvalue weighted by molar-refractivity contribution is 0.0208. The van der Waals surface area contributed by atoms with Crippen molar-refractivity contribution in [3.63, 3.8) is 0 Å². The van der Waals surface area contributed by atoms with Gasteiger partial charge in [-0.15, -0.1) is 0 Å². The van der Waals surface area contributed by atoms with E-state index in [2.05, 4.69) is 41.5 Å². The standard InChI is InChI=1S/C28H52/c1-20(2)21(3)13-14-23(5)26-17-18-27-25(12-9-19-28(26,27)6)16-15-24-11-8-7-10-22(24)4/h20-27H,7-19H2,1-6H3/t21?,22-,23-,24-,25+,26-,27+,28-/m1/s1. The minimum atomic E-state index is 0.668. The number of rotatable bonds is 8. The van der Waals surface area contributed by atoms with Crippen molar-refractivity contribution in [3.8, 4) is 0 Å². The van der Waals surface area contributed by atoms with E-state index >= 15 is 0 Å². The molecule has 0 saturated heterocycles. The van der Waals surface area contributed by atoms with Crippen LogP contribution in [0.4, 0.5) is 0 Å². The molecule has 0 nitrogen and oxygen atoms in total. The van der Waals surface area contributed by atoms with E-state index in [1.165, 1.54) is 57.8 Å². The lowest BCUT2D eigenvalue weighted by Crippen LogP contribution is -2.39. The summed E-state index contributed by atoms with van der Waals surface area (Å²) in [5.41, 5.74) is 0.668. The summed E-state index contributed by atoms with van der Waals surface area (Å²) in [6.07, 6.45) is 19.7. The van der Waals surface area contributed by atoms with Crippen molar-refractivity contribution < 1.29 is 0 Å². The monoisotopic (exact) mass is 388 g/mol. The Morgan fingerprint density at radius 3 is 2.18 bits per heavy atom. The summed E-state index contributed by atoms with van der Waals surface area (Å²) in [5, 5.41) is 0. The van der Waals surface area contributed by atoms with Crippen molar-refractivity contribution in [1.82, 2.24) is 0 Å². The highest BCUT2D eigenvalue weighted by Gasteiger charge is 2.52. The smallest absolute Gasteiger partial charge is 0.0264 e. The lowest BCUT2D eigenvalue weighted by Gasteiger charge is -2.47. The average Bonchev–Trinajstić information content (AvgIpc) is 3.02. The second kappa shape index (κ2) is 9.87. The first-order valence-corrected chi connectivity index (χ1v) is 13.3. The second-order valence-corrected chi connectivity index (χ2v) is 12.3. The molecule has 1 unspecified atom stereocenters. The van der Waals surface area contributed by atoms with Crippen LogP contribution < -0.4 is 0 Å². The van der Waals surface area contributed by atoms with Gasteiger partial charge >= 0.3 is 0 Å². The van der Waals surface area contributed by atoms with Crippen molar-refractivity contribution in [2.24, 2.45) is 52.8 Å². The number of fused-ring (bicyclic) bond motifs is 1. The summed E-state index contributed by atoms with van der Waals surface area (Å²) >= 11 is 0. The van der Waals surface area contributed by atoms with Crippen LogP contribution in [0.5, 0.6) is 0 Å². The van der Waals surface area contributed by atoms with Gasteiger partial charge in [0.05, 0.1) is 0 Å². The third-order valence-corrected chi connectivity index (χ3v) is 10.4. The highest BCUT2D eigenvalue weighted by Crippen LogP contribution is 2.61. The Kier molecular flexibility index (Phi) is 8.00. The number of hydrogen-bond donors (Lipinski definition) is 0. The normalized spacial score (nSPS) is 41.0. The molecular weight excluding hydrogens is 336 g/mol. The SMILES string of the molecule is CC(C)C(C)CC[C@@H](C)[C@H]1CC[C@H]2[C@H](CC[C@H]3CCCC[C@H]3C)CCC[C@]12C. The molecule has 0 aromatic heterocycles. The molecule has 0 N–H and O–H groups in total. The van der Waals surface area contributed by atoms with Crippen LogP contribution in [-0.2, 0) is 0 Å². The van der Waals surface area contributed by atoms with Gasteiger partial charge in [-0.05, 0) is 84.9 Å². The van der Waals surface area contributed by atoms with E-state index in [1.807, 2.05) is 0 Å². The van der Waals surface area contributed by atoms with E-state index in [0.29, 0.717) is 5.41 Å². The van der Waals surface area contributed by atoms with Crippen molar-refractivity contribution in [3.05, 3.63) is 0 Å². The molecule has 0 radical (unpaired) electrons. The largest absolute Gasteiger partial charge is 0.0625 e. The van der Waals surface area contributed by atoms with E-state index in [4.69, 9.17) is 0 Å². The summed E-state index contributed by atoms with van der Waals surface area (Å²) in [6.45, 7) is 15.2. The molecule has 3 aliphatic rings. The lowest BCUT2D eigenvalue weighted by atomic mass is 9.58. The molecule has 3 aliphatic carbocycles. The molecule has 3 fully saturated rings. The number of hydrogen-bond acceptors (Lipinski definition) is 0. The van der Waals surface area contributed by atoms with Gasteiger partial charge in [0.15, 0.2) is 0 Å². The van der Waals surface area contributed by atoms with E-state index in [-0.39, 0.29) is 0 Å². The van der Waals surface area contributed by atoms with Crippen molar-refractivity contribution in [2.75, 3.05) is 0 Å². The van der Waals surface area contributed by atoms with Crippen LogP contribution in [0.1, 0.15) is 125 Å². The summed E-state index contributed by atoms with van der Waals surface area (Å²) in [4.78, 5) is 0. The minimum Gasteiger partial charge on any atom is -0.0625 e. The Labute approximate surface area is 178 Å². The molecule has 0 aromatic carbocycles. The molecule has 0 bridgehead atoms. The molecule has 28 heavy (non-hydrogen) atoms. The van der Waals surface area contributed by atoms with Gasteiger partial charge in [-0.25, -0.2) is 0 Å². The zero-order valence-corrected chi connectivity index (χ0v) is 20.3. The molecule has 0 heteroatoms. The maximum atomic E-state index is 2.73. The quantitative estimate of drug-likeness (QED) is 0.389. The first kappa shape index (κ1) is 22.7. The molecule has 3 saturated carbocycles. The Morgan fingerprint density at radius 1 is 0.786 bits per heavy atom. The van der Waals surface area contributed by atoms with Crippen LogP contribution in [0, 0.1) is 52.8 Å². The molecule has 0 spiro atoms. The molecule has 0 amide bonds. The van der Waals surface area contributed by atoms with Crippen LogP contribution in [0.2, 0.25) is 0 Å². The van der Waals surface area contributed by atoms with Crippen LogP contribution in [0.3, 0.4) is 0 Å². The Balaban J connectivity index is 1.56. The Hall–Kier alpha value is 0. The van der Waals surface area contributed by atoms with Gasteiger partial charge in [0.25, 0.3) is 0 Å². The third kappa shape index (κ3) is 5.00. The predicted octanol–water partition coefficient (Wildman–Crippen LogP) is 9.13. The fourth-order valence-electron chi connectivity index (χ4n) is 7.98. The predicted molar refractivity (Wildman–Crippen MR) is 124 cm³/mol. The van der Waals surface area contributed by atoms with Gasteiger partial charge in [-0.3, -0.25) is 0 Å². The fourth-order valence-corrected chi connectivity index (χ4v) is 7.98. The average molecular weight is 389 g/mol. The summed E-state index contributed by atoms with van der Waals surface area (Å²) < 4.78 is 0. The van der Waals surface area contributed by atoms with E-state index in [1.54, 1.807) is 25.7 Å². The van der Waals surface area contributed by atoms with Crippen molar-refractivity contribution in [1.29, 1.82) is 0 Å². The maximum Gasteiger partial charge on any atom is -0.0264 e. The van der Waals surface area contributed by atoms with Gasteiger partial charge < -0.3 is 0 Å². The zero-order valence-electron chi connectivity index (χ0n) is 20.3. The van der Waals surface area contributed by atoms with Gasteiger partial charge in [-0.2, -0.15) is 0 Å². The van der Waals surface area contributed by atoms with Crippen molar-refractivity contribution in [2.45, 2.75) is 125 Å². The molecule has 164 valence electrons. The third-order valence-electron chi connectivity index (χ3n) is 10.4. The molecule has 0 heterocycles. The van der Waals surface area contributed by atoms with E-state index in [9.17, 15) is 0 Å². The van der Waals surface area contributed by atoms with E-state index in [0.717, 1.165) is 47.3 Å². The van der Waals surface area contributed by atoms with Crippen LogP contribution >= 0.6 is 0 Å². The molecule has 3 rings (SSSR count). The highest BCUT2D eigenvalue weighted by atomic mass is 14.6. The maximum absolute atomic E-state index is 2.73. The molecule has 8 atom stereocenters. The second-order valence-electron chi connectivity index (χ2n) is 12.3. The highest BCUT2D eigenvalue weighted by molar-refractivity contribution is 5.01. The van der Waals surface area contributed by atoms with Crippen LogP contribution in [0.25, 0.3) is 0 Å². The summed E-state index contributed by atoms with van der Waals surface area (Å²) in [7, 11) is 0. The Bertz CT molecular complexity index is 465. The fraction of sp³-hybridized carbons (Fsp3) is 1.00. The van der Waals surface area contributed by atoms with E-state index < -0.39 is 0 Å². The minimum absolute atomic E-state index is 0.668. The topological polar surface area (TPSA) is 0 Å². The van der Waals surface area contributed by atoms with Crippen molar-refractivity contribution >= 4 is 0 Å². The van der Waals surface area contributed by atoms with Gasteiger partial charge in [0.1, 0.15) is 0 Å². The van der Waals surface area contributed by atoms with Crippen LogP contribution in [0.15, 0.2) is 0 Å². The molecule has 0 aliphatic heterocycles. The van der Waals surface area contributed by atoms with Gasteiger partial charge in [0.2, 0.25) is 0 Å². The summed E-state index contributed by atoms with van der Waals surface area (Å²) in [6, 6.07) is 0. The Morgan fingerprint density at radius 2 is 1.46 bits per heavy atom. The zero-order chi connectivity index (χ0) is 20.3.